The fourth-order valence-corrected chi connectivity index (χ4v) is 1.77. The highest BCUT2D eigenvalue weighted by Gasteiger charge is 2.11. The number of anilines is 1. The number of aromatic nitrogens is 1. The van der Waals surface area contributed by atoms with E-state index in [-0.39, 0.29) is 0 Å². The van der Waals surface area contributed by atoms with Crippen LogP contribution in [0.25, 0.3) is 0 Å². The Hall–Kier alpha value is -1.05. The van der Waals surface area contributed by atoms with Crippen molar-refractivity contribution in [1.82, 2.24) is 4.98 Å². The first-order chi connectivity index (χ1) is 5.92. The summed E-state index contributed by atoms with van der Waals surface area (Å²) in [6, 6.07) is 2.13. The summed E-state index contributed by atoms with van der Waals surface area (Å²) in [6.07, 6.45) is 5.45. The molecule has 12 heavy (non-hydrogen) atoms. The molecule has 2 nitrogen and oxygen atoms in total. The average Bonchev–Trinajstić information content (AvgIpc) is 2.17. The van der Waals surface area contributed by atoms with E-state index >= 15 is 0 Å². The van der Waals surface area contributed by atoms with E-state index in [9.17, 15) is 0 Å². The Morgan fingerprint density at radius 3 is 3.33 bits per heavy atom. The molecule has 0 atom stereocenters. The lowest BCUT2D eigenvalue weighted by atomic mass is 10.00. The number of aryl methyl sites for hydroxylation is 1. The molecule has 0 bridgehead atoms. The van der Waals surface area contributed by atoms with E-state index in [1.165, 1.54) is 24.0 Å². The van der Waals surface area contributed by atoms with Crippen molar-refractivity contribution in [3.63, 3.8) is 0 Å². The molecule has 0 radical (unpaired) electrons. The van der Waals surface area contributed by atoms with Gasteiger partial charge in [-0.2, -0.15) is 0 Å². The lowest BCUT2D eigenvalue weighted by Gasteiger charge is -2.18. The van der Waals surface area contributed by atoms with Gasteiger partial charge in [-0.25, -0.2) is 4.98 Å². The molecule has 0 fully saturated rings. The van der Waals surface area contributed by atoms with Crippen molar-refractivity contribution in [2.45, 2.75) is 26.2 Å². The first kappa shape index (κ1) is 7.59. The molecule has 1 aromatic heterocycles. The molecule has 2 heterocycles. The Balaban J connectivity index is 2.44. The Labute approximate surface area is 73.0 Å². The number of nitrogens with one attached hydrogen (secondary N) is 1. The number of nitrogens with zero attached hydrogens (tertiary/aromatic N) is 1. The smallest absolute Gasteiger partial charge is 0.129 e. The zero-order valence-corrected chi connectivity index (χ0v) is 7.43. The minimum Gasteiger partial charge on any atom is -0.370 e. The number of rotatable bonds is 1. The third-order valence-corrected chi connectivity index (χ3v) is 2.43. The van der Waals surface area contributed by atoms with E-state index < -0.39 is 0 Å². The molecule has 0 spiro atoms. The highest BCUT2D eigenvalue weighted by molar-refractivity contribution is 5.50. The molecule has 1 aromatic rings. The van der Waals surface area contributed by atoms with Gasteiger partial charge in [0.2, 0.25) is 0 Å². The molecule has 1 aliphatic heterocycles. The van der Waals surface area contributed by atoms with Gasteiger partial charge in [-0.1, -0.05) is 6.92 Å². The predicted molar refractivity (Wildman–Crippen MR) is 50.4 cm³/mol. The molecule has 0 saturated heterocycles. The lowest BCUT2D eigenvalue weighted by molar-refractivity contribution is 0.804. The van der Waals surface area contributed by atoms with Gasteiger partial charge in [0.25, 0.3) is 0 Å². The summed E-state index contributed by atoms with van der Waals surface area (Å²) in [6.45, 7) is 3.28. The van der Waals surface area contributed by atoms with Gasteiger partial charge in [0.1, 0.15) is 5.82 Å². The first-order valence-electron chi connectivity index (χ1n) is 4.62. The van der Waals surface area contributed by atoms with Crippen LogP contribution in [-0.4, -0.2) is 11.5 Å². The van der Waals surface area contributed by atoms with Crippen LogP contribution in [0.2, 0.25) is 0 Å². The van der Waals surface area contributed by atoms with Crippen molar-refractivity contribution in [3.05, 3.63) is 23.4 Å². The summed E-state index contributed by atoms with van der Waals surface area (Å²) >= 11 is 0. The van der Waals surface area contributed by atoms with E-state index in [1.807, 2.05) is 6.20 Å². The Morgan fingerprint density at radius 1 is 1.58 bits per heavy atom. The van der Waals surface area contributed by atoms with Crippen LogP contribution in [0.15, 0.2) is 12.3 Å². The van der Waals surface area contributed by atoms with Gasteiger partial charge in [0, 0.05) is 12.7 Å². The van der Waals surface area contributed by atoms with Crippen molar-refractivity contribution in [3.8, 4) is 0 Å². The van der Waals surface area contributed by atoms with Crippen molar-refractivity contribution in [1.29, 1.82) is 0 Å². The SMILES string of the molecule is CCc1ccnc2c1CCCN2. The summed E-state index contributed by atoms with van der Waals surface area (Å²) in [7, 11) is 0. The van der Waals surface area contributed by atoms with Crippen LogP contribution in [-0.2, 0) is 12.8 Å². The number of fused-ring (bicyclic) bond motifs is 1. The van der Waals surface area contributed by atoms with Crippen LogP contribution in [0.5, 0.6) is 0 Å². The van der Waals surface area contributed by atoms with Crippen LogP contribution in [0.3, 0.4) is 0 Å². The molecule has 64 valence electrons. The predicted octanol–water partition coefficient (Wildman–Crippen LogP) is 2.00. The Bertz CT molecular complexity index is 267. The molecular formula is C10H14N2. The van der Waals surface area contributed by atoms with E-state index in [2.05, 4.69) is 23.3 Å². The maximum atomic E-state index is 4.32. The molecular weight excluding hydrogens is 148 g/mol. The molecule has 1 N–H and O–H groups in total. The quantitative estimate of drug-likeness (QED) is 0.683. The topological polar surface area (TPSA) is 24.9 Å². The van der Waals surface area contributed by atoms with E-state index in [0.29, 0.717) is 0 Å². The number of hydrogen-bond donors (Lipinski definition) is 1. The van der Waals surface area contributed by atoms with Crippen molar-refractivity contribution in [2.75, 3.05) is 11.9 Å². The van der Waals surface area contributed by atoms with E-state index in [1.54, 1.807) is 0 Å². The first-order valence-corrected chi connectivity index (χ1v) is 4.62. The van der Waals surface area contributed by atoms with Gasteiger partial charge >= 0.3 is 0 Å². The largest absolute Gasteiger partial charge is 0.370 e. The highest BCUT2D eigenvalue weighted by Crippen LogP contribution is 2.22. The molecule has 0 saturated carbocycles. The van der Waals surface area contributed by atoms with Crippen molar-refractivity contribution in [2.24, 2.45) is 0 Å². The average molecular weight is 162 g/mol. The van der Waals surface area contributed by atoms with Crippen LogP contribution in [0.1, 0.15) is 24.5 Å². The summed E-state index contributed by atoms with van der Waals surface area (Å²) in [5, 5.41) is 3.33. The third kappa shape index (κ3) is 1.17. The van der Waals surface area contributed by atoms with E-state index in [0.717, 1.165) is 18.8 Å². The van der Waals surface area contributed by atoms with Gasteiger partial charge in [0.05, 0.1) is 0 Å². The normalized spacial score (nSPS) is 15.1. The minimum absolute atomic E-state index is 1.08. The molecule has 0 unspecified atom stereocenters. The van der Waals surface area contributed by atoms with E-state index in [4.69, 9.17) is 0 Å². The van der Waals surface area contributed by atoms with Gasteiger partial charge in [-0.05, 0) is 36.5 Å². The second-order valence-corrected chi connectivity index (χ2v) is 3.18. The molecule has 2 rings (SSSR count). The number of pyridine rings is 1. The Kier molecular flexibility index (Phi) is 1.98. The maximum absolute atomic E-state index is 4.32. The standard InChI is InChI=1S/C10H14N2/c1-2-8-5-7-12-10-9(8)4-3-6-11-10/h5,7H,2-4,6H2,1H3,(H,11,12). The zero-order valence-electron chi connectivity index (χ0n) is 7.43. The zero-order chi connectivity index (χ0) is 8.39. The summed E-state index contributed by atoms with van der Waals surface area (Å²) in [5.74, 6) is 1.11. The molecule has 1 aliphatic rings. The van der Waals surface area contributed by atoms with Gasteiger partial charge in [-0.15, -0.1) is 0 Å². The second kappa shape index (κ2) is 3.13. The van der Waals surface area contributed by atoms with Gasteiger partial charge < -0.3 is 5.32 Å². The molecule has 0 aromatic carbocycles. The van der Waals surface area contributed by atoms with Gasteiger partial charge in [-0.3, -0.25) is 0 Å². The van der Waals surface area contributed by atoms with Crippen LogP contribution < -0.4 is 5.32 Å². The minimum atomic E-state index is 1.08. The molecule has 0 amide bonds. The summed E-state index contributed by atoms with van der Waals surface area (Å²) in [5.41, 5.74) is 2.89. The van der Waals surface area contributed by atoms with Crippen LogP contribution in [0.4, 0.5) is 5.82 Å². The monoisotopic (exact) mass is 162 g/mol. The molecule has 2 heteroatoms. The second-order valence-electron chi connectivity index (χ2n) is 3.18. The van der Waals surface area contributed by atoms with Crippen molar-refractivity contribution < 1.29 is 0 Å². The Morgan fingerprint density at radius 2 is 2.50 bits per heavy atom. The highest BCUT2D eigenvalue weighted by atomic mass is 15.0. The van der Waals surface area contributed by atoms with Crippen LogP contribution in [0, 0.1) is 0 Å². The fraction of sp³-hybridized carbons (Fsp3) is 0.500. The maximum Gasteiger partial charge on any atom is 0.129 e. The summed E-state index contributed by atoms with van der Waals surface area (Å²) < 4.78 is 0. The van der Waals surface area contributed by atoms with Crippen LogP contribution >= 0.6 is 0 Å². The summed E-state index contributed by atoms with van der Waals surface area (Å²) in [4.78, 5) is 4.32. The molecule has 0 aliphatic carbocycles. The fourth-order valence-electron chi connectivity index (χ4n) is 1.77. The third-order valence-electron chi connectivity index (χ3n) is 2.43. The van der Waals surface area contributed by atoms with Crippen molar-refractivity contribution >= 4 is 5.82 Å². The number of hydrogen-bond acceptors (Lipinski definition) is 2. The van der Waals surface area contributed by atoms with Gasteiger partial charge in [0.15, 0.2) is 0 Å². The lowest BCUT2D eigenvalue weighted by Crippen LogP contribution is -2.14.